The number of hydrogen-bond donors (Lipinski definition) is 0. The number of fused-ring (bicyclic) bond motifs is 2. The lowest BCUT2D eigenvalue weighted by Crippen LogP contribution is -2.74. The number of rotatable bonds is 24. The van der Waals surface area contributed by atoms with Crippen molar-refractivity contribution in [2.75, 3.05) is 0 Å². The molecule has 21 rings (SSSR count). The molecule has 130 heavy (non-hydrogen) atoms. The summed E-state index contributed by atoms with van der Waals surface area (Å²) in [6, 6.07) is 210. The lowest BCUT2D eigenvalue weighted by atomic mass is 9.85. The van der Waals surface area contributed by atoms with Crippen LogP contribution in [0, 0.1) is 0 Å². The zero-order valence-corrected chi connectivity index (χ0v) is 76.3. The van der Waals surface area contributed by atoms with Crippen molar-refractivity contribution in [3.05, 3.63) is 591 Å². The van der Waals surface area contributed by atoms with Crippen LogP contribution in [0.15, 0.2) is 558 Å². The molecule has 0 heterocycles. The highest BCUT2D eigenvalue weighted by atomic mass is 28.3. The second-order valence-electron chi connectivity index (χ2n) is 33.9. The molecule has 0 bridgehead atoms. The Labute approximate surface area is 767 Å². The molecule has 0 aliphatic heterocycles. The predicted molar refractivity (Wildman–Crippen MR) is 567 cm³/mol. The van der Waals surface area contributed by atoms with Crippen LogP contribution in [-0.2, 0) is 0 Å². The van der Waals surface area contributed by atoms with Crippen molar-refractivity contribution < 1.29 is 0 Å². The Balaban J connectivity index is 0.689. The first-order valence-electron chi connectivity index (χ1n) is 45.2. The van der Waals surface area contributed by atoms with E-state index in [1.165, 1.54) is 116 Å². The molecule has 0 atom stereocenters. The fourth-order valence-electron chi connectivity index (χ4n) is 21.1. The van der Waals surface area contributed by atoms with Crippen LogP contribution in [-0.4, -0.2) is 32.3 Å². The van der Waals surface area contributed by atoms with Gasteiger partial charge in [0.25, 0.3) is 0 Å². The molecule has 0 fully saturated rings. The van der Waals surface area contributed by atoms with Crippen LogP contribution in [0.2, 0.25) is 0 Å². The summed E-state index contributed by atoms with van der Waals surface area (Å²) in [6.07, 6.45) is 4.84. The van der Waals surface area contributed by atoms with Crippen molar-refractivity contribution in [1.29, 1.82) is 0 Å². The topological polar surface area (TPSA) is 0 Å². The second kappa shape index (κ2) is 36.4. The van der Waals surface area contributed by atoms with Gasteiger partial charge in [-0.2, -0.15) is 0 Å². The maximum absolute atomic E-state index is 2.85. The molecule has 0 N–H and O–H groups in total. The molecule has 0 radical (unpaired) electrons. The van der Waals surface area contributed by atoms with Crippen LogP contribution in [0.4, 0.5) is 0 Å². The first-order chi connectivity index (χ1) is 64.5. The molecule has 614 valence electrons. The molecule has 0 unspecified atom stereocenters. The quantitative estimate of drug-likeness (QED) is 0.0245. The predicted octanol–water partition coefficient (Wildman–Crippen LogP) is 20.0. The maximum atomic E-state index is 2.44. The monoisotopic (exact) mass is 1720 g/mol. The summed E-state index contributed by atoms with van der Waals surface area (Å²) < 4.78 is 0. The van der Waals surface area contributed by atoms with Gasteiger partial charge >= 0.3 is 0 Å². The Bertz CT molecular complexity index is 6590. The van der Waals surface area contributed by atoms with E-state index in [1.807, 2.05) is 0 Å². The third kappa shape index (κ3) is 14.9. The van der Waals surface area contributed by atoms with E-state index in [9.17, 15) is 0 Å². The van der Waals surface area contributed by atoms with E-state index < -0.39 is 32.3 Å². The van der Waals surface area contributed by atoms with Gasteiger partial charge in [0, 0.05) is 0 Å². The highest BCUT2D eigenvalue weighted by Gasteiger charge is 2.46. The molecule has 21 aromatic carbocycles. The molecule has 0 spiro atoms. The summed E-state index contributed by atoms with van der Waals surface area (Å²) in [5, 5.41) is 26.3. The van der Waals surface area contributed by atoms with Gasteiger partial charge in [0.05, 0.1) is 0 Å². The molecular formula is C126H94Si4. The van der Waals surface area contributed by atoms with Crippen molar-refractivity contribution in [2.45, 2.75) is 0 Å². The first kappa shape index (κ1) is 81.5. The molecule has 0 nitrogen and oxygen atoms in total. The van der Waals surface area contributed by atoms with Gasteiger partial charge in [-0.25, -0.2) is 0 Å². The average molecular weight is 1720 g/mol. The summed E-state index contributed by atoms with van der Waals surface area (Å²) in [7, 11) is -11.3. The fraction of sp³-hybridized carbons (Fsp3) is 0. The van der Waals surface area contributed by atoms with E-state index in [1.54, 1.807) is 0 Å². The van der Waals surface area contributed by atoms with E-state index in [0.29, 0.717) is 0 Å². The van der Waals surface area contributed by atoms with Crippen molar-refractivity contribution in [3.63, 3.8) is 0 Å². The molecule has 0 saturated heterocycles. The van der Waals surface area contributed by atoms with E-state index in [-0.39, 0.29) is 0 Å². The largest absolute Gasteiger partial charge is 0.179 e. The van der Waals surface area contributed by atoms with Gasteiger partial charge in [-0.05, 0) is 183 Å². The normalized spacial score (nSPS) is 12.1. The summed E-state index contributed by atoms with van der Waals surface area (Å²) in [5.41, 5.74) is 13.8. The van der Waals surface area contributed by atoms with Crippen LogP contribution in [0.3, 0.4) is 0 Å². The summed E-state index contributed by atoms with van der Waals surface area (Å²) in [5.74, 6) is 0. The zero-order valence-electron chi connectivity index (χ0n) is 72.3. The highest BCUT2D eigenvalue weighted by molar-refractivity contribution is 7.22. The molecule has 21 aromatic rings. The minimum absolute atomic E-state index is 1.13. The SMILES string of the molecule is C(=C(c1ccc(-c2c3ccccc3c(-c3ccc(C(=Cc4ccc([Si](c5ccccc5)(c5ccccc5)c5ccccc5)cc4)c4ccc([Si](c5ccccc5)(c5ccccc5)c5ccccc5)cc4)cc3)c3ccccc23)cc1)c1ccc([Si](c2ccccc2)(c2ccccc2)c2ccccc2)cc1)c1ccc([Si](c2ccccc2)(c2ccccc2)c2ccccc2)cc1. The standard InChI is InChI=1S/C126H94Si4/c1-13-41-103(42-14-1)127(104-43-15-2-16-44-104,105-45-17-3-18-46-105)115-85-69-95(70-86-115)93-123(99-81-89-117(90-82-99)129(109-53-25-7-26-54-109,110-55-27-8-28-56-110)111-57-29-9-30-58-111)97-73-77-101(78-74-97)125-119-65-37-39-67-121(119)126(122-68-40-38-66-120(122)125)102-79-75-98(76-80-102)124(100-83-91-118(92-84-100)130(112-59-31-10-32-60-112,113-61-33-11-34-62-113)114-63-35-12-36-64-114)94-96-71-87-116(88-72-96)128(106-47-19-4-20-48-106,107-49-21-5-22-50-107)108-51-23-6-24-52-108/h1-94H. The second-order valence-corrected chi connectivity index (χ2v) is 49.1. The summed E-state index contributed by atoms with van der Waals surface area (Å²) in [4.78, 5) is 0. The van der Waals surface area contributed by atoms with Crippen LogP contribution >= 0.6 is 0 Å². The molecule has 0 aliphatic rings. The van der Waals surface area contributed by atoms with Crippen molar-refractivity contribution in [1.82, 2.24) is 0 Å². The molecule has 0 amide bonds. The lowest BCUT2D eigenvalue weighted by Gasteiger charge is -2.34. The average Bonchev–Trinajstić information content (AvgIpc) is 0.746. The Morgan fingerprint density at radius 3 is 0.415 bits per heavy atom. The minimum Gasteiger partial charge on any atom is -0.0623 e. The third-order valence-electron chi connectivity index (χ3n) is 26.9. The smallest absolute Gasteiger partial charge is 0.0623 e. The van der Waals surface area contributed by atoms with Gasteiger partial charge in [0.15, 0.2) is 32.3 Å². The number of benzene rings is 21. The Hall–Kier alpha value is -15.5. The summed E-state index contributed by atoms with van der Waals surface area (Å²) in [6.45, 7) is 0. The Morgan fingerprint density at radius 2 is 0.254 bits per heavy atom. The number of hydrogen-bond acceptors (Lipinski definition) is 0. The van der Waals surface area contributed by atoms with E-state index >= 15 is 0 Å². The molecular weight excluding hydrogens is 1630 g/mol. The summed E-state index contributed by atoms with van der Waals surface area (Å²) >= 11 is 0. The van der Waals surface area contributed by atoms with Crippen LogP contribution in [0.25, 0.3) is 67.1 Å². The van der Waals surface area contributed by atoms with Crippen LogP contribution in [0.1, 0.15) is 33.4 Å². The van der Waals surface area contributed by atoms with E-state index in [0.717, 1.165) is 55.7 Å². The minimum atomic E-state index is -2.85. The van der Waals surface area contributed by atoms with Gasteiger partial charge in [0.1, 0.15) is 0 Å². The van der Waals surface area contributed by atoms with Crippen molar-refractivity contribution >= 4 is 160 Å². The van der Waals surface area contributed by atoms with Gasteiger partial charge in [0.2, 0.25) is 0 Å². The van der Waals surface area contributed by atoms with E-state index in [2.05, 4.69) is 570 Å². The molecule has 4 heteroatoms. The maximum Gasteiger partial charge on any atom is 0.179 e. The third-order valence-corrected chi connectivity index (χ3v) is 46.1. The van der Waals surface area contributed by atoms with Crippen LogP contribution < -0.4 is 83.0 Å². The molecule has 0 saturated carbocycles. The van der Waals surface area contributed by atoms with Crippen molar-refractivity contribution in [2.24, 2.45) is 0 Å². The Morgan fingerprint density at radius 1 is 0.123 bits per heavy atom. The van der Waals surface area contributed by atoms with Gasteiger partial charge in [-0.15, -0.1) is 0 Å². The highest BCUT2D eigenvalue weighted by Crippen LogP contribution is 2.45. The molecule has 0 aliphatic carbocycles. The first-order valence-corrected chi connectivity index (χ1v) is 53.2. The van der Waals surface area contributed by atoms with Gasteiger partial charge < -0.3 is 0 Å². The van der Waals surface area contributed by atoms with Gasteiger partial charge in [-0.3, -0.25) is 0 Å². The van der Waals surface area contributed by atoms with E-state index in [4.69, 9.17) is 0 Å². The van der Waals surface area contributed by atoms with Crippen molar-refractivity contribution in [3.8, 4) is 22.3 Å². The zero-order chi connectivity index (χ0) is 86.9. The van der Waals surface area contributed by atoms with Gasteiger partial charge in [-0.1, -0.05) is 558 Å². The Kier molecular flexibility index (Phi) is 22.9. The molecule has 0 aromatic heterocycles. The van der Waals surface area contributed by atoms with Crippen LogP contribution in [0.5, 0.6) is 0 Å². The fourth-order valence-corrected chi connectivity index (χ4v) is 40.1. The lowest BCUT2D eigenvalue weighted by molar-refractivity contribution is 1.55.